The van der Waals surface area contributed by atoms with Gasteiger partial charge in [-0.1, -0.05) is 24.3 Å². The lowest BCUT2D eigenvalue weighted by molar-refractivity contribution is 0.281. The summed E-state index contributed by atoms with van der Waals surface area (Å²) < 4.78 is 0.880. The molecule has 0 aliphatic carbocycles. The Morgan fingerprint density at radius 3 is 2.84 bits per heavy atom. The van der Waals surface area contributed by atoms with Gasteiger partial charge in [0, 0.05) is 6.54 Å². The summed E-state index contributed by atoms with van der Waals surface area (Å²) in [5, 5.41) is 12.4. The number of halogens is 1. The van der Waals surface area contributed by atoms with Crippen LogP contribution >= 0.6 is 15.9 Å². The summed E-state index contributed by atoms with van der Waals surface area (Å²) in [7, 11) is 0. The van der Waals surface area contributed by atoms with Crippen LogP contribution in [0.1, 0.15) is 16.7 Å². The molecule has 0 saturated carbocycles. The Morgan fingerprint density at radius 2 is 2.11 bits per heavy atom. The van der Waals surface area contributed by atoms with E-state index in [0.717, 1.165) is 27.0 Å². The van der Waals surface area contributed by atoms with Crippen LogP contribution in [0.4, 0.5) is 11.5 Å². The quantitative estimate of drug-likeness (QED) is 0.809. The first kappa shape index (κ1) is 13.8. The van der Waals surface area contributed by atoms with E-state index in [4.69, 9.17) is 10.8 Å². The predicted octanol–water partition coefficient (Wildman–Crippen LogP) is 2.84. The van der Waals surface area contributed by atoms with E-state index in [-0.39, 0.29) is 6.61 Å². The Balaban J connectivity index is 2.12. The fraction of sp³-hybridized carbons (Fsp3) is 0.214. The average molecular weight is 322 g/mol. The smallest absolute Gasteiger partial charge is 0.140 e. The number of benzene rings is 1. The lowest BCUT2D eigenvalue weighted by Gasteiger charge is -2.11. The molecule has 1 heterocycles. The van der Waals surface area contributed by atoms with E-state index in [1.807, 2.05) is 31.2 Å². The number of hydrogen-bond acceptors (Lipinski definition) is 4. The van der Waals surface area contributed by atoms with Crippen LogP contribution in [-0.4, -0.2) is 10.1 Å². The third-order valence-electron chi connectivity index (χ3n) is 2.94. The number of nitrogen functional groups attached to an aromatic ring is 1. The SMILES string of the molecule is Cc1c(N)cnc(NCc2cccc(CO)c2)c1Br. The fourth-order valence-electron chi connectivity index (χ4n) is 1.74. The maximum Gasteiger partial charge on any atom is 0.140 e. The van der Waals surface area contributed by atoms with Crippen LogP contribution in [0.15, 0.2) is 34.9 Å². The zero-order chi connectivity index (χ0) is 13.8. The minimum Gasteiger partial charge on any atom is -0.397 e. The summed E-state index contributed by atoms with van der Waals surface area (Å²) in [6.45, 7) is 2.64. The zero-order valence-corrected chi connectivity index (χ0v) is 12.2. The molecule has 0 bridgehead atoms. The van der Waals surface area contributed by atoms with Gasteiger partial charge in [0.1, 0.15) is 5.82 Å². The molecule has 0 aliphatic rings. The highest BCUT2D eigenvalue weighted by Gasteiger charge is 2.07. The molecule has 0 atom stereocenters. The highest BCUT2D eigenvalue weighted by molar-refractivity contribution is 9.10. The number of pyridine rings is 1. The second kappa shape index (κ2) is 6.04. The van der Waals surface area contributed by atoms with E-state index in [0.29, 0.717) is 12.2 Å². The van der Waals surface area contributed by atoms with Crippen molar-refractivity contribution in [2.24, 2.45) is 0 Å². The standard InChI is InChI=1S/C14H16BrN3O/c1-9-12(16)7-18-14(13(9)15)17-6-10-3-2-4-11(5-10)8-19/h2-5,7,19H,6,8,16H2,1H3,(H,17,18). The summed E-state index contributed by atoms with van der Waals surface area (Å²) in [5.41, 5.74) is 9.42. The van der Waals surface area contributed by atoms with E-state index in [1.165, 1.54) is 0 Å². The molecule has 100 valence electrons. The van der Waals surface area contributed by atoms with Crippen molar-refractivity contribution in [3.63, 3.8) is 0 Å². The van der Waals surface area contributed by atoms with Gasteiger partial charge in [0.15, 0.2) is 0 Å². The predicted molar refractivity (Wildman–Crippen MR) is 80.8 cm³/mol. The van der Waals surface area contributed by atoms with Gasteiger partial charge in [0.25, 0.3) is 0 Å². The van der Waals surface area contributed by atoms with E-state index < -0.39 is 0 Å². The van der Waals surface area contributed by atoms with Crippen molar-refractivity contribution in [2.45, 2.75) is 20.1 Å². The minimum atomic E-state index is 0.0523. The van der Waals surface area contributed by atoms with Crippen molar-refractivity contribution in [3.8, 4) is 0 Å². The van der Waals surface area contributed by atoms with Gasteiger partial charge in [-0.05, 0) is 39.5 Å². The zero-order valence-electron chi connectivity index (χ0n) is 10.7. The number of rotatable bonds is 4. The number of aliphatic hydroxyl groups excluding tert-OH is 1. The highest BCUT2D eigenvalue weighted by Crippen LogP contribution is 2.27. The number of aliphatic hydroxyl groups is 1. The van der Waals surface area contributed by atoms with Crippen molar-refractivity contribution in [3.05, 3.63) is 51.6 Å². The van der Waals surface area contributed by atoms with Gasteiger partial charge in [0.2, 0.25) is 0 Å². The van der Waals surface area contributed by atoms with E-state index >= 15 is 0 Å². The number of nitrogens with two attached hydrogens (primary N) is 1. The lowest BCUT2D eigenvalue weighted by Crippen LogP contribution is -2.04. The second-order valence-corrected chi connectivity index (χ2v) is 5.13. The molecule has 2 aromatic rings. The summed E-state index contributed by atoms with van der Waals surface area (Å²) in [6.07, 6.45) is 1.65. The molecule has 0 aliphatic heterocycles. The van der Waals surface area contributed by atoms with Gasteiger partial charge in [-0.3, -0.25) is 0 Å². The van der Waals surface area contributed by atoms with Crippen molar-refractivity contribution in [1.29, 1.82) is 0 Å². The largest absolute Gasteiger partial charge is 0.397 e. The highest BCUT2D eigenvalue weighted by atomic mass is 79.9. The molecular weight excluding hydrogens is 306 g/mol. The Labute approximate surface area is 120 Å². The minimum absolute atomic E-state index is 0.0523. The normalized spacial score (nSPS) is 10.5. The number of nitrogens with zero attached hydrogens (tertiary/aromatic N) is 1. The van der Waals surface area contributed by atoms with Crippen LogP contribution in [-0.2, 0) is 13.2 Å². The topological polar surface area (TPSA) is 71.2 Å². The van der Waals surface area contributed by atoms with Crippen LogP contribution in [0.3, 0.4) is 0 Å². The fourth-order valence-corrected chi connectivity index (χ4v) is 2.21. The Hall–Kier alpha value is -1.59. The van der Waals surface area contributed by atoms with Crippen molar-refractivity contribution < 1.29 is 5.11 Å². The van der Waals surface area contributed by atoms with Gasteiger partial charge in [-0.25, -0.2) is 4.98 Å². The molecule has 1 aromatic carbocycles. The molecule has 0 fully saturated rings. The summed E-state index contributed by atoms with van der Waals surface area (Å²) in [6, 6.07) is 7.79. The monoisotopic (exact) mass is 321 g/mol. The molecule has 19 heavy (non-hydrogen) atoms. The van der Waals surface area contributed by atoms with Gasteiger partial charge < -0.3 is 16.2 Å². The summed E-state index contributed by atoms with van der Waals surface area (Å²) in [5.74, 6) is 0.765. The molecule has 5 heteroatoms. The molecule has 0 amide bonds. The first-order chi connectivity index (χ1) is 9.11. The van der Waals surface area contributed by atoms with Crippen LogP contribution in [0.2, 0.25) is 0 Å². The third kappa shape index (κ3) is 3.24. The molecule has 0 unspecified atom stereocenters. The number of hydrogen-bond donors (Lipinski definition) is 3. The van der Waals surface area contributed by atoms with E-state index in [9.17, 15) is 0 Å². The van der Waals surface area contributed by atoms with Gasteiger partial charge >= 0.3 is 0 Å². The van der Waals surface area contributed by atoms with Crippen LogP contribution in [0.5, 0.6) is 0 Å². The van der Waals surface area contributed by atoms with Gasteiger partial charge in [-0.2, -0.15) is 0 Å². The van der Waals surface area contributed by atoms with Crippen molar-refractivity contribution >= 4 is 27.4 Å². The molecule has 4 nitrogen and oxygen atoms in total. The second-order valence-electron chi connectivity index (χ2n) is 4.33. The summed E-state index contributed by atoms with van der Waals surface area (Å²) in [4.78, 5) is 4.26. The van der Waals surface area contributed by atoms with E-state index in [1.54, 1.807) is 6.20 Å². The van der Waals surface area contributed by atoms with Gasteiger partial charge in [0.05, 0.1) is 23.0 Å². The van der Waals surface area contributed by atoms with Crippen LogP contribution in [0.25, 0.3) is 0 Å². The first-order valence-electron chi connectivity index (χ1n) is 5.95. The molecule has 0 radical (unpaired) electrons. The molecule has 0 saturated heterocycles. The molecule has 2 rings (SSSR count). The Bertz CT molecular complexity index is 587. The van der Waals surface area contributed by atoms with Gasteiger partial charge in [-0.15, -0.1) is 0 Å². The number of aromatic nitrogens is 1. The lowest BCUT2D eigenvalue weighted by atomic mass is 10.1. The van der Waals surface area contributed by atoms with Crippen LogP contribution < -0.4 is 11.1 Å². The van der Waals surface area contributed by atoms with Crippen molar-refractivity contribution in [1.82, 2.24) is 4.98 Å². The Kier molecular flexibility index (Phi) is 4.39. The van der Waals surface area contributed by atoms with Crippen molar-refractivity contribution in [2.75, 3.05) is 11.1 Å². The Morgan fingerprint density at radius 1 is 1.37 bits per heavy atom. The molecule has 0 spiro atoms. The van der Waals surface area contributed by atoms with Crippen LogP contribution in [0, 0.1) is 6.92 Å². The maximum absolute atomic E-state index is 9.10. The summed E-state index contributed by atoms with van der Waals surface area (Å²) >= 11 is 3.49. The molecular formula is C14H16BrN3O. The first-order valence-corrected chi connectivity index (χ1v) is 6.74. The van der Waals surface area contributed by atoms with E-state index in [2.05, 4.69) is 26.2 Å². The number of anilines is 2. The molecule has 1 aromatic heterocycles. The maximum atomic E-state index is 9.10. The third-order valence-corrected chi connectivity index (χ3v) is 3.91. The number of nitrogens with one attached hydrogen (secondary N) is 1. The average Bonchev–Trinajstić information content (AvgIpc) is 2.44. The molecule has 4 N–H and O–H groups in total.